The van der Waals surface area contributed by atoms with Crippen LogP contribution in [-0.4, -0.2) is 12.1 Å². The van der Waals surface area contributed by atoms with Crippen molar-refractivity contribution in [3.63, 3.8) is 0 Å². The zero-order valence-electron chi connectivity index (χ0n) is 11.7. The molecule has 0 aliphatic rings. The molecular formula is C15H15Cl2FN2O. The molecule has 0 amide bonds. The second-order valence-electron chi connectivity index (χ2n) is 4.57. The van der Waals surface area contributed by atoms with Crippen molar-refractivity contribution in [2.75, 3.05) is 7.11 Å². The molecule has 1 heterocycles. The first-order valence-electron chi connectivity index (χ1n) is 6.38. The number of benzene rings is 1. The van der Waals surface area contributed by atoms with Gasteiger partial charge in [0.2, 0.25) is 5.88 Å². The molecule has 1 unspecified atom stereocenters. The van der Waals surface area contributed by atoms with Crippen molar-refractivity contribution in [1.29, 1.82) is 0 Å². The molecule has 1 aromatic heterocycles. The van der Waals surface area contributed by atoms with Crippen molar-refractivity contribution < 1.29 is 9.13 Å². The molecule has 6 heteroatoms. The molecule has 0 saturated carbocycles. The standard InChI is InChI=1S/C15H15Cl2FN2O/c1-9(14-11(16)4-5-12(18)15(14)17)19-7-10-3-6-13(21-2)20-8-10/h3-6,8-9,19H,7H2,1-2H3. The van der Waals surface area contributed by atoms with E-state index in [1.54, 1.807) is 19.4 Å². The van der Waals surface area contributed by atoms with Gasteiger partial charge in [-0.2, -0.15) is 0 Å². The van der Waals surface area contributed by atoms with E-state index in [-0.39, 0.29) is 11.1 Å². The third kappa shape index (κ3) is 3.84. The van der Waals surface area contributed by atoms with E-state index in [2.05, 4.69) is 10.3 Å². The summed E-state index contributed by atoms with van der Waals surface area (Å²) in [6.45, 7) is 2.44. The van der Waals surface area contributed by atoms with Crippen LogP contribution in [0.5, 0.6) is 5.88 Å². The van der Waals surface area contributed by atoms with E-state index in [0.29, 0.717) is 23.0 Å². The highest BCUT2D eigenvalue weighted by atomic mass is 35.5. The Balaban J connectivity index is 2.08. The Morgan fingerprint density at radius 3 is 2.67 bits per heavy atom. The number of halogens is 3. The van der Waals surface area contributed by atoms with Crippen molar-refractivity contribution >= 4 is 23.2 Å². The van der Waals surface area contributed by atoms with Gasteiger partial charge in [-0.1, -0.05) is 29.3 Å². The van der Waals surface area contributed by atoms with Gasteiger partial charge in [0.15, 0.2) is 0 Å². The zero-order valence-corrected chi connectivity index (χ0v) is 13.2. The number of rotatable bonds is 5. The summed E-state index contributed by atoms with van der Waals surface area (Å²) in [5.41, 5.74) is 1.53. The van der Waals surface area contributed by atoms with Gasteiger partial charge >= 0.3 is 0 Å². The highest BCUT2D eigenvalue weighted by Gasteiger charge is 2.16. The van der Waals surface area contributed by atoms with Crippen LogP contribution in [0.1, 0.15) is 24.1 Å². The van der Waals surface area contributed by atoms with Gasteiger partial charge in [0.25, 0.3) is 0 Å². The minimum Gasteiger partial charge on any atom is -0.481 e. The molecule has 112 valence electrons. The van der Waals surface area contributed by atoms with Crippen LogP contribution in [0.25, 0.3) is 0 Å². The highest BCUT2D eigenvalue weighted by Crippen LogP contribution is 2.32. The predicted octanol–water partition coefficient (Wildman–Crippen LogP) is 4.39. The number of pyridine rings is 1. The molecule has 2 aromatic rings. The van der Waals surface area contributed by atoms with Crippen molar-refractivity contribution in [1.82, 2.24) is 10.3 Å². The first-order chi connectivity index (χ1) is 10.0. The average Bonchev–Trinajstić information content (AvgIpc) is 2.50. The summed E-state index contributed by atoms with van der Waals surface area (Å²) in [6.07, 6.45) is 1.72. The zero-order chi connectivity index (χ0) is 15.4. The van der Waals surface area contributed by atoms with Crippen LogP contribution < -0.4 is 10.1 Å². The lowest BCUT2D eigenvalue weighted by atomic mass is 10.1. The van der Waals surface area contributed by atoms with Crippen molar-refractivity contribution in [3.05, 3.63) is 57.5 Å². The molecule has 0 radical (unpaired) electrons. The maximum atomic E-state index is 13.5. The van der Waals surface area contributed by atoms with E-state index >= 15 is 0 Å². The summed E-state index contributed by atoms with van der Waals surface area (Å²) >= 11 is 12.1. The fourth-order valence-electron chi connectivity index (χ4n) is 1.95. The van der Waals surface area contributed by atoms with Crippen molar-refractivity contribution in [3.8, 4) is 5.88 Å². The van der Waals surface area contributed by atoms with Gasteiger partial charge < -0.3 is 10.1 Å². The number of hydrogen-bond donors (Lipinski definition) is 1. The third-order valence-electron chi connectivity index (χ3n) is 3.13. The Hall–Kier alpha value is -1.36. The van der Waals surface area contributed by atoms with Gasteiger partial charge in [-0.05, 0) is 24.6 Å². The molecule has 0 spiro atoms. The van der Waals surface area contributed by atoms with Crippen LogP contribution in [0.3, 0.4) is 0 Å². The number of hydrogen-bond acceptors (Lipinski definition) is 3. The summed E-state index contributed by atoms with van der Waals surface area (Å²) in [5, 5.41) is 3.74. The van der Waals surface area contributed by atoms with Crippen LogP contribution in [0, 0.1) is 5.82 Å². The van der Waals surface area contributed by atoms with E-state index in [1.807, 2.05) is 13.0 Å². The second kappa shape index (κ2) is 7.07. The van der Waals surface area contributed by atoms with Crippen LogP contribution in [0.15, 0.2) is 30.5 Å². The topological polar surface area (TPSA) is 34.1 Å². The SMILES string of the molecule is COc1ccc(CNC(C)c2c(Cl)ccc(F)c2Cl)cn1. The Morgan fingerprint density at radius 2 is 2.05 bits per heavy atom. The molecule has 1 aromatic carbocycles. The molecule has 0 aliphatic heterocycles. The van der Waals surface area contributed by atoms with Gasteiger partial charge in [-0.3, -0.25) is 0 Å². The van der Waals surface area contributed by atoms with E-state index in [4.69, 9.17) is 27.9 Å². The van der Waals surface area contributed by atoms with E-state index in [9.17, 15) is 4.39 Å². The first-order valence-corrected chi connectivity index (χ1v) is 7.14. The van der Waals surface area contributed by atoms with Gasteiger partial charge in [-0.25, -0.2) is 9.37 Å². The minimum absolute atomic E-state index is 0.0513. The molecule has 0 fully saturated rings. The molecule has 2 rings (SSSR count). The quantitative estimate of drug-likeness (QED) is 0.826. The maximum Gasteiger partial charge on any atom is 0.212 e. The minimum atomic E-state index is -0.476. The van der Waals surface area contributed by atoms with Crippen LogP contribution in [-0.2, 0) is 6.54 Å². The summed E-state index contributed by atoms with van der Waals surface area (Å²) in [5.74, 6) is 0.0823. The highest BCUT2D eigenvalue weighted by molar-refractivity contribution is 6.36. The summed E-state index contributed by atoms with van der Waals surface area (Å²) in [6, 6.07) is 6.26. The number of ether oxygens (including phenoxy) is 1. The summed E-state index contributed by atoms with van der Waals surface area (Å²) in [4.78, 5) is 4.12. The van der Waals surface area contributed by atoms with Crippen molar-refractivity contribution in [2.24, 2.45) is 0 Å². The Bertz CT molecular complexity index is 620. The lowest BCUT2D eigenvalue weighted by molar-refractivity contribution is 0.397. The molecule has 3 nitrogen and oxygen atoms in total. The van der Waals surface area contributed by atoms with Crippen molar-refractivity contribution in [2.45, 2.75) is 19.5 Å². The number of nitrogens with one attached hydrogen (secondary N) is 1. The molecule has 0 aliphatic carbocycles. The first kappa shape index (κ1) is 16.0. The Kier molecular flexibility index (Phi) is 5.39. The van der Waals surface area contributed by atoms with Gasteiger partial charge in [-0.15, -0.1) is 0 Å². The Labute approximate surface area is 133 Å². The monoisotopic (exact) mass is 328 g/mol. The van der Waals surface area contributed by atoms with Gasteiger partial charge in [0, 0.05) is 35.4 Å². The van der Waals surface area contributed by atoms with E-state index < -0.39 is 5.82 Å². The molecular weight excluding hydrogens is 314 g/mol. The van der Waals surface area contributed by atoms with E-state index in [1.165, 1.54) is 12.1 Å². The van der Waals surface area contributed by atoms with Crippen LogP contribution >= 0.6 is 23.2 Å². The van der Waals surface area contributed by atoms with Gasteiger partial charge in [0.1, 0.15) is 5.82 Å². The maximum absolute atomic E-state index is 13.5. The molecule has 1 N–H and O–H groups in total. The number of aromatic nitrogens is 1. The molecule has 1 atom stereocenters. The largest absolute Gasteiger partial charge is 0.481 e. The lowest BCUT2D eigenvalue weighted by Crippen LogP contribution is -2.19. The molecule has 21 heavy (non-hydrogen) atoms. The smallest absolute Gasteiger partial charge is 0.212 e. The van der Waals surface area contributed by atoms with Crippen LogP contribution in [0.4, 0.5) is 4.39 Å². The second-order valence-corrected chi connectivity index (χ2v) is 5.35. The van der Waals surface area contributed by atoms with Crippen LogP contribution in [0.2, 0.25) is 10.0 Å². The predicted molar refractivity (Wildman–Crippen MR) is 82.5 cm³/mol. The fourth-order valence-corrected chi connectivity index (χ4v) is 2.65. The normalized spacial score (nSPS) is 12.2. The summed E-state index contributed by atoms with van der Waals surface area (Å²) in [7, 11) is 1.57. The molecule has 0 bridgehead atoms. The van der Waals surface area contributed by atoms with Gasteiger partial charge in [0.05, 0.1) is 12.1 Å². The third-order valence-corrected chi connectivity index (χ3v) is 3.85. The fraction of sp³-hybridized carbons (Fsp3) is 0.267. The number of nitrogens with zero attached hydrogens (tertiary/aromatic N) is 1. The lowest BCUT2D eigenvalue weighted by Gasteiger charge is -2.17. The number of methoxy groups -OCH3 is 1. The molecule has 0 saturated heterocycles. The Morgan fingerprint density at radius 1 is 1.29 bits per heavy atom. The van der Waals surface area contributed by atoms with E-state index in [0.717, 1.165) is 5.56 Å². The average molecular weight is 329 g/mol. The summed E-state index contributed by atoms with van der Waals surface area (Å²) < 4.78 is 18.5.